The molecule has 4 heterocycles. The van der Waals surface area contributed by atoms with Crippen LogP contribution in [-0.2, 0) is 0 Å². The first-order valence-corrected chi connectivity index (χ1v) is 16.4. The van der Waals surface area contributed by atoms with Crippen molar-refractivity contribution in [1.82, 2.24) is 14.1 Å². The number of pyridine rings is 1. The first-order valence-electron chi connectivity index (χ1n) is 15.5. The van der Waals surface area contributed by atoms with Crippen molar-refractivity contribution in [2.45, 2.75) is 0 Å². The minimum atomic E-state index is -1.17. The summed E-state index contributed by atoms with van der Waals surface area (Å²) in [4.78, 5) is 4.46. The SMILES string of the molecule is [B]c1c(O)c(O)c2c3c(O)c(O)c(O)c(O)c3n(-c3ccc4sc5c(-n6c7c([B])c(O)c(O)c(O)c7c7c(O)c(O)c(O)c(O)c76)nccc5c4c3)c2c1O. The molecule has 0 unspecified atom stereocenters. The highest BCUT2D eigenvalue weighted by Crippen LogP contribution is 2.58. The summed E-state index contributed by atoms with van der Waals surface area (Å²) in [6, 6.07) is 6.15. The van der Waals surface area contributed by atoms with E-state index in [1.54, 1.807) is 12.1 Å². The van der Waals surface area contributed by atoms with Crippen LogP contribution in [0.15, 0.2) is 30.5 Å². The first kappa shape index (κ1) is 33.3. The molecule has 4 aromatic heterocycles. The van der Waals surface area contributed by atoms with Crippen molar-refractivity contribution in [3.63, 3.8) is 0 Å². The van der Waals surface area contributed by atoms with Gasteiger partial charge in [0.05, 0.1) is 37.3 Å². The van der Waals surface area contributed by atoms with Gasteiger partial charge >= 0.3 is 0 Å². The van der Waals surface area contributed by atoms with Crippen molar-refractivity contribution in [2.75, 3.05) is 0 Å². The maximum Gasteiger partial charge on any atom is 0.206 e. The quantitative estimate of drug-likeness (QED) is 0.0684. The van der Waals surface area contributed by atoms with Gasteiger partial charge < -0.3 is 76.1 Å². The standard InChI is InChI=1S/C35H19B2N3O14S/c36-14-16-10(21(42)29(50)25(14)46)11-19(28(49)33(54)30(51)22(11)43)40(16)35-34-7(3-4-38-35)8-5-6(1-2-9(8)55-34)39-17-12(20(41)26(47)15(37)24(17)45)13-18(39)27(48)32(53)31(52)23(13)44/h1-5,41-54H. The molecule has 0 aliphatic rings. The Morgan fingerprint density at radius 2 is 0.891 bits per heavy atom. The maximum absolute atomic E-state index is 11.2. The smallest absolute Gasteiger partial charge is 0.206 e. The van der Waals surface area contributed by atoms with Crippen LogP contribution in [0.3, 0.4) is 0 Å². The lowest BCUT2D eigenvalue weighted by Crippen LogP contribution is -2.10. The summed E-state index contributed by atoms with van der Waals surface area (Å²) in [5.41, 5.74) is -2.69. The molecule has 270 valence electrons. The summed E-state index contributed by atoms with van der Waals surface area (Å²) >= 11 is 1.10. The Hall–Kier alpha value is -7.60. The number of aromatic hydroxyl groups is 14. The molecule has 0 fully saturated rings. The molecular weight excluding hydrogens is 740 g/mol. The van der Waals surface area contributed by atoms with Crippen molar-refractivity contribution in [2.24, 2.45) is 0 Å². The molecule has 20 heteroatoms. The summed E-state index contributed by atoms with van der Waals surface area (Å²) in [5, 5.41) is 150. The second kappa shape index (κ2) is 10.5. The van der Waals surface area contributed by atoms with E-state index in [1.165, 1.54) is 18.3 Å². The van der Waals surface area contributed by atoms with Gasteiger partial charge in [0.25, 0.3) is 0 Å². The van der Waals surface area contributed by atoms with Gasteiger partial charge in [0, 0.05) is 27.4 Å². The van der Waals surface area contributed by atoms with Crippen LogP contribution in [0.1, 0.15) is 0 Å². The molecule has 4 radical (unpaired) electrons. The first-order chi connectivity index (χ1) is 26.0. The summed E-state index contributed by atoms with van der Waals surface area (Å²) in [6.45, 7) is 0. The number of benzene rings is 5. The Bertz CT molecular complexity index is 3150. The summed E-state index contributed by atoms with van der Waals surface area (Å²) < 4.78 is 3.04. The molecule has 5 aromatic carbocycles. The second-order valence-electron chi connectivity index (χ2n) is 12.6. The van der Waals surface area contributed by atoms with Crippen LogP contribution >= 0.6 is 11.3 Å². The van der Waals surface area contributed by atoms with Gasteiger partial charge in [-0.25, -0.2) is 4.98 Å². The molecular formula is C35H19B2N3O14S. The van der Waals surface area contributed by atoms with E-state index in [1.807, 2.05) is 0 Å². The molecule has 9 rings (SSSR count). The third kappa shape index (κ3) is 3.79. The van der Waals surface area contributed by atoms with Crippen LogP contribution in [0, 0.1) is 0 Å². The van der Waals surface area contributed by atoms with E-state index >= 15 is 0 Å². The van der Waals surface area contributed by atoms with Crippen molar-refractivity contribution in [3.8, 4) is 92.0 Å². The van der Waals surface area contributed by atoms with Crippen LogP contribution in [0.4, 0.5) is 0 Å². The van der Waals surface area contributed by atoms with Gasteiger partial charge in [0.15, 0.2) is 57.6 Å². The van der Waals surface area contributed by atoms with E-state index in [0.29, 0.717) is 20.2 Å². The summed E-state index contributed by atoms with van der Waals surface area (Å²) in [7, 11) is 12.1. The van der Waals surface area contributed by atoms with E-state index in [4.69, 9.17) is 15.7 Å². The predicted octanol–water partition coefficient (Wildman–Crippen LogP) is 3.11. The predicted molar refractivity (Wildman–Crippen MR) is 200 cm³/mol. The van der Waals surface area contributed by atoms with Crippen molar-refractivity contribution < 1.29 is 71.5 Å². The number of hydrogen-bond acceptors (Lipinski definition) is 16. The molecule has 0 saturated carbocycles. The van der Waals surface area contributed by atoms with Gasteiger partial charge in [-0.3, -0.25) is 4.57 Å². The Morgan fingerprint density at radius 1 is 0.436 bits per heavy atom. The second-order valence-corrected chi connectivity index (χ2v) is 13.6. The fourth-order valence-electron chi connectivity index (χ4n) is 7.31. The van der Waals surface area contributed by atoms with Gasteiger partial charge in [0.2, 0.25) is 23.0 Å². The van der Waals surface area contributed by atoms with Crippen LogP contribution in [-0.4, -0.2) is 101 Å². The monoisotopic (exact) mass is 759 g/mol. The number of rotatable bonds is 2. The molecule has 0 bridgehead atoms. The molecule has 55 heavy (non-hydrogen) atoms. The summed E-state index contributed by atoms with van der Waals surface area (Å²) in [6.07, 6.45) is 1.32. The number of thiophene rings is 1. The lowest BCUT2D eigenvalue weighted by Gasteiger charge is -2.13. The van der Waals surface area contributed by atoms with E-state index in [0.717, 1.165) is 20.5 Å². The maximum atomic E-state index is 11.2. The fourth-order valence-corrected chi connectivity index (χ4v) is 8.46. The summed E-state index contributed by atoms with van der Waals surface area (Å²) in [5.74, 6) is -14.5. The van der Waals surface area contributed by atoms with Crippen LogP contribution in [0.2, 0.25) is 0 Å². The third-order valence-electron chi connectivity index (χ3n) is 9.82. The molecule has 0 amide bonds. The van der Waals surface area contributed by atoms with Crippen molar-refractivity contribution >= 4 is 102 Å². The zero-order valence-corrected chi connectivity index (χ0v) is 27.9. The van der Waals surface area contributed by atoms with Crippen LogP contribution in [0.5, 0.6) is 80.5 Å². The Morgan fingerprint density at radius 3 is 1.47 bits per heavy atom. The topological polar surface area (TPSA) is 306 Å². The third-order valence-corrected chi connectivity index (χ3v) is 11.0. The Kier molecular flexibility index (Phi) is 6.35. The van der Waals surface area contributed by atoms with Crippen LogP contribution in [0.25, 0.3) is 75.3 Å². The number of nitrogens with zero attached hydrogens (tertiary/aromatic N) is 3. The van der Waals surface area contributed by atoms with Crippen molar-refractivity contribution in [3.05, 3.63) is 30.5 Å². The van der Waals surface area contributed by atoms with E-state index in [2.05, 4.69) is 4.98 Å². The van der Waals surface area contributed by atoms with Gasteiger partial charge in [-0.05, 0) is 35.2 Å². The number of phenolic OH excluding ortho intramolecular Hbond substituents is 14. The highest BCUT2D eigenvalue weighted by molar-refractivity contribution is 7.26. The average Bonchev–Trinajstić information content (AvgIpc) is 3.86. The van der Waals surface area contributed by atoms with E-state index in [9.17, 15) is 71.5 Å². The largest absolute Gasteiger partial charge is 0.506 e. The molecule has 0 aliphatic carbocycles. The zero-order chi connectivity index (χ0) is 39.4. The van der Waals surface area contributed by atoms with Crippen LogP contribution < -0.4 is 10.9 Å². The minimum Gasteiger partial charge on any atom is -0.506 e. The normalized spacial score (nSPS) is 12.1. The Labute approximate surface area is 309 Å². The van der Waals surface area contributed by atoms with E-state index < -0.39 is 124 Å². The Balaban J connectivity index is 1.42. The molecule has 17 nitrogen and oxygen atoms in total. The highest BCUT2D eigenvalue weighted by atomic mass is 32.1. The fraction of sp³-hybridized carbons (Fsp3) is 0. The lowest BCUT2D eigenvalue weighted by molar-refractivity contribution is 0.350. The van der Waals surface area contributed by atoms with Crippen molar-refractivity contribution in [1.29, 1.82) is 0 Å². The highest BCUT2D eigenvalue weighted by Gasteiger charge is 2.33. The lowest BCUT2D eigenvalue weighted by atomic mass is 9.91. The number of fused-ring (bicyclic) bond motifs is 9. The van der Waals surface area contributed by atoms with Gasteiger partial charge in [-0.1, -0.05) is 0 Å². The molecule has 9 aromatic rings. The molecule has 0 atom stereocenters. The van der Waals surface area contributed by atoms with E-state index in [-0.39, 0.29) is 22.5 Å². The van der Waals surface area contributed by atoms with Gasteiger partial charge in [0.1, 0.15) is 32.5 Å². The van der Waals surface area contributed by atoms with Gasteiger partial charge in [-0.15, -0.1) is 11.3 Å². The van der Waals surface area contributed by atoms with Gasteiger partial charge in [-0.2, -0.15) is 0 Å². The molecule has 0 aliphatic heterocycles. The molecule has 0 spiro atoms. The number of phenols is 14. The zero-order valence-electron chi connectivity index (χ0n) is 27.1. The molecule has 0 saturated heterocycles. The minimum absolute atomic E-state index is 0.0677. The number of hydrogen-bond donors (Lipinski definition) is 14. The average molecular weight is 759 g/mol. The molecule has 14 N–H and O–H groups in total. The number of aromatic nitrogens is 3.